The van der Waals surface area contributed by atoms with Crippen LogP contribution >= 0.6 is 0 Å². The van der Waals surface area contributed by atoms with Gasteiger partial charge in [-0.3, -0.25) is 5.32 Å². The maximum Gasteiger partial charge on any atom is 0.421 e. The average molecular weight is 566 g/mol. The molecule has 0 unspecified atom stereocenters. The number of hydrogen-bond acceptors (Lipinski definition) is 6. The number of ether oxygens (including phenoxy) is 3. The molecular formula is C34H35N3O5. The van der Waals surface area contributed by atoms with E-state index in [2.05, 4.69) is 22.1 Å². The van der Waals surface area contributed by atoms with Gasteiger partial charge in [0.05, 0.1) is 19.0 Å². The summed E-state index contributed by atoms with van der Waals surface area (Å²) in [5, 5.41) is 2.58. The minimum Gasteiger partial charge on any atom is -0.497 e. The first-order valence-corrected chi connectivity index (χ1v) is 13.5. The van der Waals surface area contributed by atoms with Crippen molar-refractivity contribution >= 4 is 18.1 Å². The van der Waals surface area contributed by atoms with Gasteiger partial charge >= 0.3 is 12.2 Å². The molecule has 0 fully saturated rings. The number of hydrogen-bond donors (Lipinski definition) is 1. The van der Waals surface area contributed by atoms with Gasteiger partial charge in [-0.15, -0.1) is 0 Å². The molecule has 216 valence electrons. The molecule has 0 spiro atoms. The quantitative estimate of drug-likeness (QED) is 0.254. The van der Waals surface area contributed by atoms with Crippen LogP contribution in [0.1, 0.15) is 52.7 Å². The molecule has 4 aromatic rings. The van der Waals surface area contributed by atoms with Crippen LogP contribution in [0.2, 0.25) is 0 Å². The van der Waals surface area contributed by atoms with E-state index in [4.69, 9.17) is 14.2 Å². The highest BCUT2D eigenvalue weighted by Crippen LogP contribution is 2.30. The third kappa shape index (κ3) is 7.58. The van der Waals surface area contributed by atoms with Gasteiger partial charge in [0.1, 0.15) is 17.0 Å². The highest BCUT2D eigenvalue weighted by molar-refractivity contribution is 5.89. The SMILES string of the molecule is COc1ccc(C#Cc2ccccc2-c2cnc(NC(=O)OC(C)(C)C)n2C(=O)OC(C)(C)C)c(-c2ccccc2)c1. The minimum atomic E-state index is -0.788. The number of rotatable bonds is 4. The number of aromatic nitrogens is 2. The summed E-state index contributed by atoms with van der Waals surface area (Å²) in [6.45, 7) is 10.5. The molecule has 1 N–H and O–H groups in total. The maximum absolute atomic E-state index is 13.4. The average Bonchev–Trinajstić information content (AvgIpc) is 3.33. The lowest BCUT2D eigenvalue weighted by molar-refractivity contribution is 0.0542. The Bertz CT molecular complexity index is 1650. The Kier molecular flexibility index (Phi) is 8.72. The Morgan fingerprint density at radius 3 is 2.05 bits per heavy atom. The zero-order valence-corrected chi connectivity index (χ0v) is 24.9. The second-order valence-corrected chi connectivity index (χ2v) is 11.5. The third-order valence-electron chi connectivity index (χ3n) is 5.80. The van der Waals surface area contributed by atoms with Gasteiger partial charge in [0.2, 0.25) is 5.95 Å². The zero-order chi connectivity index (χ0) is 30.5. The molecule has 8 heteroatoms. The van der Waals surface area contributed by atoms with Crippen molar-refractivity contribution in [3.63, 3.8) is 0 Å². The minimum absolute atomic E-state index is 0.0298. The second kappa shape index (κ2) is 12.2. The lowest BCUT2D eigenvalue weighted by Gasteiger charge is -2.22. The van der Waals surface area contributed by atoms with E-state index in [0.717, 1.165) is 22.4 Å². The molecule has 0 saturated carbocycles. The van der Waals surface area contributed by atoms with E-state index in [1.54, 1.807) is 48.7 Å². The summed E-state index contributed by atoms with van der Waals surface area (Å²) in [5.74, 6) is 7.27. The van der Waals surface area contributed by atoms with E-state index in [0.29, 0.717) is 16.8 Å². The summed E-state index contributed by atoms with van der Waals surface area (Å²) in [5.41, 5.74) is 2.92. The highest BCUT2D eigenvalue weighted by Gasteiger charge is 2.27. The number of carbonyl (C=O) groups is 2. The summed E-state index contributed by atoms with van der Waals surface area (Å²) in [6.07, 6.45) is 0.0516. The number of carbonyl (C=O) groups excluding carboxylic acids is 2. The van der Waals surface area contributed by atoms with E-state index in [-0.39, 0.29) is 5.95 Å². The number of benzene rings is 3. The van der Waals surface area contributed by atoms with Gasteiger partial charge < -0.3 is 14.2 Å². The predicted molar refractivity (Wildman–Crippen MR) is 164 cm³/mol. The van der Waals surface area contributed by atoms with Gasteiger partial charge in [-0.1, -0.05) is 60.4 Å². The maximum atomic E-state index is 13.4. The van der Waals surface area contributed by atoms with Crippen molar-refractivity contribution in [3.05, 3.63) is 90.1 Å². The van der Waals surface area contributed by atoms with Gasteiger partial charge in [-0.05, 0) is 71.4 Å². The van der Waals surface area contributed by atoms with Crippen LogP contribution in [0.5, 0.6) is 5.75 Å². The standard InChI is InChI=1S/C34H35N3O5/c1-33(2,3)41-31(38)36-30-35-22-29(37(30)32(39)42-34(4,5)6)27-16-12-11-15-24(27)17-18-25-19-20-26(40-7)21-28(25)23-13-9-8-10-14-23/h8-16,19-22H,1-7H3,(H,35,36,38). The zero-order valence-electron chi connectivity index (χ0n) is 24.9. The van der Waals surface area contributed by atoms with Crippen LogP contribution in [-0.4, -0.2) is 40.0 Å². The van der Waals surface area contributed by atoms with Gasteiger partial charge in [-0.2, -0.15) is 0 Å². The number of imidazole rings is 1. The largest absolute Gasteiger partial charge is 0.497 e. The van der Waals surface area contributed by atoms with E-state index < -0.39 is 23.4 Å². The summed E-state index contributed by atoms with van der Waals surface area (Å²) in [7, 11) is 1.63. The first-order valence-electron chi connectivity index (χ1n) is 13.5. The first kappa shape index (κ1) is 29.9. The van der Waals surface area contributed by atoms with Crippen LogP contribution in [-0.2, 0) is 9.47 Å². The van der Waals surface area contributed by atoms with Crippen molar-refractivity contribution in [2.24, 2.45) is 0 Å². The predicted octanol–water partition coefficient (Wildman–Crippen LogP) is 7.76. The van der Waals surface area contributed by atoms with Crippen molar-refractivity contribution in [2.75, 3.05) is 12.4 Å². The summed E-state index contributed by atoms with van der Waals surface area (Å²) in [4.78, 5) is 30.3. The molecule has 4 rings (SSSR count). The van der Waals surface area contributed by atoms with Crippen molar-refractivity contribution < 1.29 is 23.8 Å². The van der Waals surface area contributed by atoms with E-state index >= 15 is 0 Å². The fourth-order valence-corrected chi connectivity index (χ4v) is 4.08. The molecular weight excluding hydrogens is 530 g/mol. The van der Waals surface area contributed by atoms with Crippen molar-refractivity contribution in [3.8, 4) is 40.0 Å². The topological polar surface area (TPSA) is 91.7 Å². The normalized spacial score (nSPS) is 11.2. The number of methoxy groups -OCH3 is 1. The number of amides is 1. The monoisotopic (exact) mass is 565 g/mol. The molecule has 1 aromatic heterocycles. The van der Waals surface area contributed by atoms with E-state index in [1.807, 2.05) is 72.8 Å². The van der Waals surface area contributed by atoms with Gasteiger partial charge in [0.15, 0.2) is 0 Å². The smallest absolute Gasteiger partial charge is 0.421 e. The first-order chi connectivity index (χ1) is 19.8. The van der Waals surface area contributed by atoms with E-state index in [9.17, 15) is 9.59 Å². The van der Waals surface area contributed by atoms with Crippen LogP contribution < -0.4 is 10.1 Å². The summed E-state index contributed by atoms with van der Waals surface area (Å²) < 4.78 is 17.7. The van der Waals surface area contributed by atoms with Crippen molar-refractivity contribution in [1.82, 2.24) is 9.55 Å². The fraction of sp³-hybridized carbons (Fsp3) is 0.265. The van der Waals surface area contributed by atoms with Gasteiger partial charge in [-0.25, -0.2) is 19.1 Å². The fourth-order valence-electron chi connectivity index (χ4n) is 4.08. The highest BCUT2D eigenvalue weighted by atomic mass is 16.6. The Morgan fingerprint density at radius 2 is 1.40 bits per heavy atom. The van der Waals surface area contributed by atoms with Crippen LogP contribution in [0.4, 0.5) is 15.5 Å². The molecule has 0 radical (unpaired) electrons. The third-order valence-corrected chi connectivity index (χ3v) is 5.80. The van der Waals surface area contributed by atoms with Crippen LogP contribution in [0.25, 0.3) is 22.4 Å². The number of anilines is 1. The molecule has 0 saturated heterocycles. The Morgan fingerprint density at radius 1 is 0.786 bits per heavy atom. The lowest BCUT2D eigenvalue weighted by Crippen LogP contribution is -2.31. The molecule has 0 aliphatic heterocycles. The van der Waals surface area contributed by atoms with Gasteiger partial charge in [0, 0.05) is 22.3 Å². The number of nitrogens with one attached hydrogen (secondary N) is 1. The molecule has 1 amide bonds. The molecule has 0 atom stereocenters. The molecule has 0 aliphatic carbocycles. The van der Waals surface area contributed by atoms with Crippen LogP contribution in [0.3, 0.4) is 0 Å². The number of nitrogens with zero attached hydrogens (tertiary/aromatic N) is 2. The lowest BCUT2D eigenvalue weighted by atomic mass is 9.98. The van der Waals surface area contributed by atoms with Crippen LogP contribution in [0, 0.1) is 11.8 Å². The molecule has 0 bridgehead atoms. The summed E-state index contributed by atoms with van der Waals surface area (Å²) in [6, 6.07) is 23.1. The van der Waals surface area contributed by atoms with Crippen molar-refractivity contribution in [1.29, 1.82) is 0 Å². The molecule has 8 nitrogen and oxygen atoms in total. The molecule has 3 aromatic carbocycles. The second-order valence-electron chi connectivity index (χ2n) is 11.5. The Hall–Kier alpha value is -5.03. The molecule has 0 aliphatic rings. The Balaban J connectivity index is 1.80. The summed E-state index contributed by atoms with van der Waals surface area (Å²) >= 11 is 0. The molecule has 42 heavy (non-hydrogen) atoms. The van der Waals surface area contributed by atoms with Crippen LogP contribution in [0.15, 0.2) is 79.0 Å². The Labute approximate surface area is 246 Å². The van der Waals surface area contributed by atoms with E-state index in [1.165, 1.54) is 10.8 Å². The van der Waals surface area contributed by atoms with Crippen molar-refractivity contribution in [2.45, 2.75) is 52.7 Å². The van der Waals surface area contributed by atoms with Gasteiger partial charge in [0.25, 0.3) is 0 Å². The molecule has 1 heterocycles.